The fraction of sp³-hybridized carbons (Fsp3) is 0.857. The predicted molar refractivity (Wildman–Crippen MR) is 103 cm³/mol. The van der Waals surface area contributed by atoms with Gasteiger partial charge in [0.15, 0.2) is 0 Å². The highest BCUT2D eigenvalue weighted by Gasteiger charge is 2.68. The molecule has 1 amide bonds. The number of amides is 1. The number of carbonyl (C=O) groups is 1. The number of aromatic nitrogens is 3. The minimum absolute atomic E-state index is 0.103. The molecule has 4 aliphatic rings. The summed E-state index contributed by atoms with van der Waals surface area (Å²) in [6, 6.07) is 0. The van der Waals surface area contributed by atoms with Gasteiger partial charge in [-0.2, -0.15) is 0 Å². The molecule has 0 aromatic carbocycles. The van der Waals surface area contributed by atoms with Gasteiger partial charge in [-0.05, 0) is 63.5 Å². The number of nitrogens with zero attached hydrogens (tertiary/aromatic N) is 4. The van der Waals surface area contributed by atoms with E-state index in [2.05, 4.69) is 31.9 Å². The maximum Gasteiger partial charge on any atom is 0.229 e. The summed E-state index contributed by atoms with van der Waals surface area (Å²) < 4.78 is 2.39. The fourth-order valence-electron chi connectivity index (χ4n) is 6.07. The van der Waals surface area contributed by atoms with Crippen LogP contribution in [0.25, 0.3) is 0 Å². The van der Waals surface area contributed by atoms with E-state index in [0.717, 1.165) is 71.2 Å². The summed E-state index contributed by atoms with van der Waals surface area (Å²) in [5, 5.41) is 12.5. The molecule has 0 bridgehead atoms. The Hall–Kier alpha value is -1.43. The smallest absolute Gasteiger partial charge is 0.229 e. The predicted octanol–water partition coefficient (Wildman–Crippen LogP) is 2.49. The van der Waals surface area contributed by atoms with E-state index in [1.165, 1.54) is 30.9 Å². The quantitative estimate of drug-likeness (QED) is 0.868. The van der Waals surface area contributed by atoms with Gasteiger partial charge in [-0.25, -0.2) is 0 Å². The van der Waals surface area contributed by atoms with Crippen LogP contribution in [0.3, 0.4) is 0 Å². The van der Waals surface area contributed by atoms with Crippen molar-refractivity contribution in [2.75, 3.05) is 26.2 Å². The van der Waals surface area contributed by atoms with Crippen molar-refractivity contribution in [2.24, 2.45) is 10.8 Å². The van der Waals surface area contributed by atoms with Crippen LogP contribution in [0.15, 0.2) is 0 Å². The Morgan fingerprint density at radius 3 is 2.63 bits per heavy atom. The van der Waals surface area contributed by atoms with Crippen LogP contribution in [0, 0.1) is 10.8 Å². The zero-order chi connectivity index (χ0) is 18.5. The lowest BCUT2D eigenvalue weighted by Crippen LogP contribution is -2.44. The molecule has 1 aliphatic carbocycles. The van der Waals surface area contributed by atoms with Crippen LogP contribution in [0.5, 0.6) is 0 Å². The molecule has 1 N–H and O–H groups in total. The number of rotatable bonds is 2. The second kappa shape index (κ2) is 6.57. The van der Waals surface area contributed by atoms with E-state index >= 15 is 0 Å². The van der Waals surface area contributed by atoms with E-state index in [0.29, 0.717) is 11.8 Å². The van der Waals surface area contributed by atoms with Crippen LogP contribution >= 0.6 is 0 Å². The Balaban J connectivity index is 1.23. The zero-order valence-electron chi connectivity index (χ0n) is 16.7. The molecule has 1 atom stereocenters. The summed E-state index contributed by atoms with van der Waals surface area (Å²) in [5.41, 5.74) is 0.185. The molecule has 1 saturated carbocycles. The highest BCUT2D eigenvalue weighted by Crippen LogP contribution is 2.69. The lowest BCUT2D eigenvalue weighted by atomic mass is 9.84. The lowest BCUT2D eigenvalue weighted by Gasteiger charge is -2.36. The molecule has 27 heavy (non-hydrogen) atoms. The average molecular weight is 372 g/mol. The maximum atomic E-state index is 13.3. The molecule has 2 saturated heterocycles. The Bertz CT molecular complexity index is 714. The summed E-state index contributed by atoms with van der Waals surface area (Å²) in [4.78, 5) is 15.5. The second-order valence-electron chi connectivity index (χ2n) is 9.54. The number of fused-ring (bicyclic) bond motifs is 1. The third-order valence-corrected chi connectivity index (χ3v) is 8.06. The van der Waals surface area contributed by atoms with Gasteiger partial charge in [-0.3, -0.25) is 4.79 Å². The first kappa shape index (κ1) is 17.7. The number of carbonyl (C=O) groups excluding carboxylic acids is 1. The second-order valence-corrected chi connectivity index (χ2v) is 9.54. The van der Waals surface area contributed by atoms with Gasteiger partial charge in [0, 0.05) is 32.0 Å². The standard InChI is InChI=1S/C21H33N5O/c1-20(15-21(20)8-10-22-11-9-21)19(27)25-13-6-16(7-14-25)18-24-23-17-5-3-2-4-12-26(17)18/h16,22H,2-15H2,1H3. The third kappa shape index (κ3) is 2.82. The fourth-order valence-corrected chi connectivity index (χ4v) is 6.07. The molecule has 4 heterocycles. The van der Waals surface area contributed by atoms with E-state index in [9.17, 15) is 4.79 Å². The number of aryl methyl sites for hydroxylation is 1. The maximum absolute atomic E-state index is 13.3. The van der Waals surface area contributed by atoms with Crippen molar-refractivity contribution in [3.63, 3.8) is 0 Å². The summed E-state index contributed by atoms with van der Waals surface area (Å²) in [5.74, 6) is 3.25. The SMILES string of the molecule is CC1(C(=O)N2CCC(c3nnc4n3CCCCC4)CC2)CC12CCNCC2. The van der Waals surface area contributed by atoms with Gasteiger partial charge in [0.1, 0.15) is 11.6 Å². The Labute approximate surface area is 162 Å². The average Bonchev–Trinajstić information content (AvgIpc) is 3.18. The molecule has 148 valence electrons. The van der Waals surface area contributed by atoms with Crippen molar-refractivity contribution < 1.29 is 4.79 Å². The topological polar surface area (TPSA) is 63.1 Å². The first-order valence-electron chi connectivity index (χ1n) is 11.1. The van der Waals surface area contributed by atoms with Crippen LogP contribution in [-0.4, -0.2) is 51.8 Å². The van der Waals surface area contributed by atoms with Gasteiger partial charge in [-0.15, -0.1) is 10.2 Å². The van der Waals surface area contributed by atoms with Gasteiger partial charge in [0.2, 0.25) is 5.91 Å². The van der Waals surface area contributed by atoms with Crippen LogP contribution < -0.4 is 5.32 Å². The Morgan fingerprint density at radius 1 is 1.07 bits per heavy atom. The van der Waals surface area contributed by atoms with E-state index in [1.54, 1.807) is 0 Å². The van der Waals surface area contributed by atoms with Gasteiger partial charge in [0.05, 0.1) is 5.41 Å². The third-order valence-electron chi connectivity index (χ3n) is 8.06. The number of nitrogens with one attached hydrogen (secondary N) is 1. The molecule has 5 rings (SSSR count). The van der Waals surface area contributed by atoms with Crippen LogP contribution in [0.2, 0.25) is 0 Å². The first-order valence-corrected chi connectivity index (χ1v) is 11.1. The van der Waals surface area contributed by atoms with E-state index in [1.807, 2.05) is 0 Å². The number of piperidine rings is 2. The molecule has 1 aromatic rings. The number of hydrogen-bond acceptors (Lipinski definition) is 4. The molecule has 0 radical (unpaired) electrons. The van der Waals surface area contributed by atoms with Gasteiger partial charge in [0.25, 0.3) is 0 Å². The molecule has 6 nitrogen and oxygen atoms in total. The van der Waals surface area contributed by atoms with Crippen molar-refractivity contribution in [1.29, 1.82) is 0 Å². The zero-order valence-corrected chi connectivity index (χ0v) is 16.7. The van der Waals surface area contributed by atoms with Gasteiger partial charge < -0.3 is 14.8 Å². The van der Waals surface area contributed by atoms with Gasteiger partial charge >= 0.3 is 0 Å². The van der Waals surface area contributed by atoms with Crippen molar-refractivity contribution in [1.82, 2.24) is 25.0 Å². The molecule has 1 unspecified atom stereocenters. The Kier molecular flexibility index (Phi) is 4.30. The normalized spacial score (nSPS) is 30.8. The molecule has 3 aliphatic heterocycles. The van der Waals surface area contributed by atoms with Crippen LogP contribution in [0.4, 0.5) is 0 Å². The molecule has 6 heteroatoms. The largest absolute Gasteiger partial charge is 0.342 e. The van der Waals surface area contributed by atoms with E-state index in [-0.39, 0.29) is 10.8 Å². The minimum Gasteiger partial charge on any atom is -0.342 e. The highest BCUT2D eigenvalue weighted by molar-refractivity contribution is 5.87. The summed E-state index contributed by atoms with van der Waals surface area (Å²) >= 11 is 0. The monoisotopic (exact) mass is 371 g/mol. The van der Waals surface area contributed by atoms with Crippen molar-refractivity contribution in [3.05, 3.63) is 11.6 Å². The van der Waals surface area contributed by atoms with E-state index < -0.39 is 0 Å². The summed E-state index contributed by atoms with van der Waals surface area (Å²) in [7, 11) is 0. The van der Waals surface area contributed by atoms with Crippen LogP contribution in [-0.2, 0) is 17.8 Å². The van der Waals surface area contributed by atoms with Gasteiger partial charge in [-0.1, -0.05) is 13.3 Å². The van der Waals surface area contributed by atoms with Crippen LogP contribution in [0.1, 0.15) is 75.9 Å². The number of likely N-dealkylation sites (tertiary alicyclic amines) is 1. The molecular weight excluding hydrogens is 338 g/mol. The molecular formula is C21H33N5O. The minimum atomic E-state index is -0.103. The lowest BCUT2D eigenvalue weighted by molar-refractivity contribution is -0.139. The summed E-state index contributed by atoms with van der Waals surface area (Å²) in [6.45, 7) is 7.22. The highest BCUT2D eigenvalue weighted by atomic mass is 16.2. The van der Waals surface area contributed by atoms with Crippen molar-refractivity contribution in [3.8, 4) is 0 Å². The first-order chi connectivity index (χ1) is 13.1. The van der Waals surface area contributed by atoms with Crippen molar-refractivity contribution >= 4 is 5.91 Å². The molecule has 1 spiro atoms. The molecule has 3 fully saturated rings. The van der Waals surface area contributed by atoms with E-state index in [4.69, 9.17) is 0 Å². The van der Waals surface area contributed by atoms with Crippen molar-refractivity contribution in [2.45, 2.75) is 77.2 Å². The molecule has 1 aromatic heterocycles. The Morgan fingerprint density at radius 2 is 1.85 bits per heavy atom. The summed E-state index contributed by atoms with van der Waals surface area (Å²) in [6.07, 6.45) is 10.3. The number of hydrogen-bond donors (Lipinski definition) is 1.